The molecule has 140 valence electrons. The molecule has 2 fully saturated rings. The molecule has 3 heterocycles. The Morgan fingerprint density at radius 2 is 1.96 bits per heavy atom. The van der Waals surface area contributed by atoms with Gasteiger partial charge in [0.15, 0.2) is 0 Å². The first-order chi connectivity index (χ1) is 12.0. The predicted molar refractivity (Wildman–Crippen MR) is 95.1 cm³/mol. The van der Waals surface area contributed by atoms with Crippen molar-refractivity contribution < 1.29 is 13.9 Å². The third-order valence-electron chi connectivity index (χ3n) is 5.46. The highest BCUT2D eigenvalue weighted by molar-refractivity contribution is 5.79. The zero-order valence-electron chi connectivity index (χ0n) is 16.0. The summed E-state index contributed by atoms with van der Waals surface area (Å²) in [5.74, 6) is 2.35. The molecule has 0 unspecified atom stereocenters. The van der Waals surface area contributed by atoms with Crippen molar-refractivity contribution in [3.8, 4) is 0 Å². The fourth-order valence-corrected chi connectivity index (χ4v) is 3.88. The number of oxazole rings is 1. The second kappa shape index (κ2) is 7.87. The number of aromatic nitrogens is 1. The number of carbonyl (C=O) groups is 1. The van der Waals surface area contributed by atoms with Crippen LogP contribution in [0.25, 0.3) is 0 Å². The van der Waals surface area contributed by atoms with Crippen LogP contribution in [0.15, 0.2) is 4.42 Å². The molecular formula is C19H31N3O3. The lowest BCUT2D eigenvalue weighted by molar-refractivity contribution is -0.149. The molecule has 6 nitrogen and oxygen atoms in total. The quantitative estimate of drug-likeness (QED) is 0.835. The van der Waals surface area contributed by atoms with Crippen molar-refractivity contribution in [2.24, 2.45) is 11.8 Å². The lowest BCUT2D eigenvalue weighted by Gasteiger charge is -2.40. The lowest BCUT2D eigenvalue weighted by atomic mass is 9.86. The zero-order valence-corrected chi connectivity index (χ0v) is 16.0. The Morgan fingerprint density at radius 1 is 1.24 bits per heavy atom. The monoisotopic (exact) mass is 349 g/mol. The highest BCUT2D eigenvalue weighted by Gasteiger charge is 2.37. The predicted octanol–water partition coefficient (Wildman–Crippen LogP) is 2.39. The van der Waals surface area contributed by atoms with E-state index in [-0.39, 0.29) is 17.9 Å². The highest BCUT2D eigenvalue weighted by atomic mass is 16.5. The van der Waals surface area contributed by atoms with E-state index in [0.717, 1.165) is 69.5 Å². The van der Waals surface area contributed by atoms with Gasteiger partial charge in [-0.15, -0.1) is 0 Å². The molecule has 25 heavy (non-hydrogen) atoms. The van der Waals surface area contributed by atoms with E-state index in [2.05, 4.69) is 23.7 Å². The van der Waals surface area contributed by atoms with Crippen molar-refractivity contribution in [1.29, 1.82) is 0 Å². The smallest absolute Gasteiger partial charge is 0.228 e. The van der Waals surface area contributed by atoms with E-state index < -0.39 is 0 Å². The molecule has 2 atom stereocenters. The van der Waals surface area contributed by atoms with Gasteiger partial charge in [-0.05, 0) is 32.6 Å². The number of carbonyl (C=O) groups excluding carboxylic acids is 1. The van der Waals surface area contributed by atoms with Crippen LogP contribution < -0.4 is 0 Å². The standard InChI is InChI=1S/C19H31N3O3/c1-13(2)18-16(6-5-11-24-18)19(23)22-9-7-21(8-10-22)12-17-20-14(3)15(4)25-17/h13,16,18H,5-12H2,1-4H3/t16-,18+/m0/s1. The van der Waals surface area contributed by atoms with Crippen LogP contribution in [0.4, 0.5) is 0 Å². The van der Waals surface area contributed by atoms with Crippen molar-refractivity contribution in [1.82, 2.24) is 14.8 Å². The molecule has 1 aromatic rings. The van der Waals surface area contributed by atoms with E-state index >= 15 is 0 Å². The summed E-state index contributed by atoms with van der Waals surface area (Å²) in [4.78, 5) is 21.8. The van der Waals surface area contributed by atoms with E-state index in [1.54, 1.807) is 0 Å². The van der Waals surface area contributed by atoms with Crippen LogP contribution in [0.3, 0.4) is 0 Å². The molecule has 1 amide bonds. The summed E-state index contributed by atoms with van der Waals surface area (Å²) >= 11 is 0. The SMILES string of the molecule is Cc1nc(CN2CCN(C(=O)[C@H]3CCCO[C@@H]3C(C)C)CC2)oc1C. The number of amides is 1. The van der Waals surface area contributed by atoms with E-state index in [1.807, 2.05) is 18.7 Å². The van der Waals surface area contributed by atoms with Crippen LogP contribution in [-0.4, -0.2) is 59.6 Å². The molecule has 0 aliphatic carbocycles. The van der Waals surface area contributed by atoms with E-state index in [0.29, 0.717) is 5.92 Å². The molecule has 1 aromatic heterocycles. The molecular weight excluding hydrogens is 318 g/mol. The molecule has 2 aliphatic rings. The summed E-state index contributed by atoms with van der Waals surface area (Å²) < 4.78 is 11.6. The third kappa shape index (κ3) is 4.23. The second-order valence-electron chi connectivity index (χ2n) is 7.68. The number of piperazine rings is 1. The fourth-order valence-electron chi connectivity index (χ4n) is 3.88. The minimum Gasteiger partial charge on any atom is -0.444 e. The Hall–Kier alpha value is -1.40. The van der Waals surface area contributed by atoms with Gasteiger partial charge in [-0.1, -0.05) is 13.8 Å². The summed E-state index contributed by atoms with van der Waals surface area (Å²) in [6, 6.07) is 0. The number of aryl methyl sites for hydroxylation is 2. The maximum absolute atomic E-state index is 13.0. The Labute approximate surface area is 150 Å². The summed E-state index contributed by atoms with van der Waals surface area (Å²) in [5.41, 5.74) is 0.959. The number of hydrogen-bond donors (Lipinski definition) is 0. The van der Waals surface area contributed by atoms with Gasteiger partial charge in [0, 0.05) is 32.8 Å². The third-order valence-corrected chi connectivity index (χ3v) is 5.46. The maximum Gasteiger partial charge on any atom is 0.228 e. The molecule has 6 heteroatoms. The van der Waals surface area contributed by atoms with Gasteiger partial charge in [-0.25, -0.2) is 4.98 Å². The molecule has 0 aromatic carbocycles. The molecule has 0 saturated carbocycles. The van der Waals surface area contributed by atoms with Crippen LogP contribution in [0, 0.1) is 25.7 Å². The lowest BCUT2D eigenvalue weighted by Crippen LogP contribution is -2.53. The number of rotatable bonds is 4. The highest BCUT2D eigenvalue weighted by Crippen LogP contribution is 2.28. The average molecular weight is 349 g/mol. The van der Waals surface area contributed by atoms with Crippen LogP contribution in [-0.2, 0) is 16.1 Å². The Kier molecular flexibility index (Phi) is 5.79. The van der Waals surface area contributed by atoms with Crippen LogP contribution in [0.2, 0.25) is 0 Å². The number of ether oxygens (including phenoxy) is 1. The normalized spacial score (nSPS) is 25.6. The summed E-state index contributed by atoms with van der Waals surface area (Å²) in [6.07, 6.45) is 2.01. The molecule has 0 N–H and O–H groups in total. The van der Waals surface area contributed by atoms with Crippen LogP contribution in [0.1, 0.15) is 44.0 Å². The molecule has 0 radical (unpaired) electrons. The van der Waals surface area contributed by atoms with Crippen LogP contribution >= 0.6 is 0 Å². The van der Waals surface area contributed by atoms with Gasteiger partial charge in [-0.3, -0.25) is 9.69 Å². The Morgan fingerprint density at radius 3 is 2.56 bits per heavy atom. The van der Waals surface area contributed by atoms with Crippen LogP contribution in [0.5, 0.6) is 0 Å². The van der Waals surface area contributed by atoms with Gasteiger partial charge >= 0.3 is 0 Å². The van der Waals surface area contributed by atoms with E-state index in [9.17, 15) is 4.79 Å². The molecule has 2 aliphatic heterocycles. The van der Waals surface area contributed by atoms with E-state index in [4.69, 9.17) is 9.15 Å². The minimum atomic E-state index is 0.0253. The fraction of sp³-hybridized carbons (Fsp3) is 0.789. The van der Waals surface area contributed by atoms with Crippen molar-refractivity contribution >= 4 is 5.91 Å². The Bertz CT molecular complexity index is 571. The molecule has 3 rings (SSSR count). The first-order valence-corrected chi connectivity index (χ1v) is 9.51. The summed E-state index contributed by atoms with van der Waals surface area (Å²) in [7, 11) is 0. The largest absolute Gasteiger partial charge is 0.444 e. The molecule has 0 spiro atoms. The van der Waals surface area contributed by atoms with Crippen molar-refractivity contribution in [3.63, 3.8) is 0 Å². The van der Waals surface area contributed by atoms with Gasteiger partial charge in [0.25, 0.3) is 0 Å². The summed E-state index contributed by atoms with van der Waals surface area (Å²) in [6.45, 7) is 13.0. The van der Waals surface area contributed by atoms with E-state index in [1.165, 1.54) is 0 Å². The van der Waals surface area contributed by atoms with Crippen molar-refractivity contribution in [2.45, 2.75) is 53.2 Å². The van der Waals surface area contributed by atoms with Gasteiger partial charge < -0.3 is 14.1 Å². The topological polar surface area (TPSA) is 58.8 Å². The van der Waals surface area contributed by atoms with Gasteiger partial charge in [0.1, 0.15) is 5.76 Å². The minimum absolute atomic E-state index is 0.0253. The van der Waals surface area contributed by atoms with Crippen molar-refractivity contribution in [2.75, 3.05) is 32.8 Å². The van der Waals surface area contributed by atoms with Gasteiger partial charge in [0.05, 0.1) is 24.3 Å². The number of nitrogens with zero attached hydrogens (tertiary/aromatic N) is 3. The molecule has 2 saturated heterocycles. The number of hydrogen-bond acceptors (Lipinski definition) is 5. The molecule has 0 bridgehead atoms. The zero-order chi connectivity index (χ0) is 18.0. The second-order valence-corrected chi connectivity index (χ2v) is 7.68. The van der Waals surface area contributed by atoms with Crippen molar-refractivity contribution in [3.05, 3.63) is 17.3 Å². The maximum atomic E-state index is 13.0. The van der Waals surface area contributed by atoms with Gasteiger partial charge in [-0.2, -0.15) is 0 Å². The first kappa shape index (κ1) is 18.4. The summed E-state index contributed by atoms with van der Waals surface area (Å²) in [5, 5.41) is 0. The van der Waals surface area contributed by atoms with Gasteiger partial charge in [0.2, 0.25) is 11.8 Å². The Balaban J connectivity index is 1.53. The average Bonchev–Trinajstić information content (AvgIpc) is 2.92. The first-order valence-electron chi connectivity index (χ1n) is 9.51.